The van der Waals surface area contributed by atoms with Gasteiger partial charge in [0.25, 0.3) is 5.91 Å². The molecule has 0 aromatic heterocycles. The number of amidine groups is 1. The molecule has 1 aliphatic rings. The first-order valence-corrected chi connectivity index (χ1v) is 10.9. The molecule has 1 heterocycles. The lowest BCUT2D eigenvalue weighted by atomic mass is 10.1. The van der Waals surface area contributed by atoms with E-state index in [1.807, 2.05) is 0 Å². The smallest absolute Gasteiger partial charge is 0.344 e. The molecular weight excluding hydrogens is 446 g/mol. The maximum absolute atomic E-state index is 12.4. The Balaban J connectivity index is 1.75. The van der Waals surface area contributed by atoms with Crippen LogP contribution in [0.4, 0.5) is 11.4 Å². The summed E-state index contributed by atoms with van der Waals surface area (Å²) in [7, 11) is 1.46. The number of aliphatic carboxylic acids is 1. The molecule has 2 amide bonds. The summed E-state index contributed by atoms with van der Waals surface area (Å²) in [6.07, 6.45) is 1.01. The highest BCUT2D eigenvalue weighted by Crippen LogP contribution is 2.33. The van der Waals surface area contributed by atoms with E-state index in [0.717, 1.165) is 0 Å². The number of hydrogen-bond donors (Lipinski definition) is 3. The number of carboxylic acid groups (broad SMARTS) is 1. The van der Waals surface area contributed by atoms with Crippen molar-refractivity contribution < 1.29 is 29.0 Å². The lowest BCUT2D eigenvalue weighted by Gasteiger charge is -2.16. The summed E-state index contributed by atoms with van der Waals surface area (Å²) in [5, 5.41) is 15.0. The number of benzene rings is 2. The number of methoxy groups -OCH3 is 1. The van der Waals surface area contributed by atoms with Crippen molar-refractivity contribution in [2.75, 3.05) is 12.4 Å². The van der Waals surface area contributed by atoms with E-state index in [2.05, 4.69) is 15.6 Å². The zero-order valence-corrected chi connectivity index (χ0v) is 19.1. The summed E-state index contributed by atoms with van der Waals surface area (Å²) in [5.41, 5.74) is 1.96. The minimum absolute atomic E-state index is 0.161. The molecule has 0 saturated carbocycles. The number of carboxylic acids is 1. The number of amides is 2. The van der Waals surface area contributed by atoms with Crippen molar-refractivity contribution in [1.29, 1.82) is 0 Å². The molecule has 2 aromatic rings. The van der Waals surface area contributed by atoms with E-state index in [1.165, 1.54) is 25.8 Å². The number of ether oxygens (including phenoxy) is 2. The summed E-state index contributed by atoms with van der Waals surface area (Å²) >= 11 is 1.19. The number of rotatable bonds is 8. The number of nitrogens with zero attached hydrogens (tertiary/aromatic N) is 1. The van der Waals surface area contributed by atoms with E-state index in [1.54, 1.807) is 55.5 Å². The van der Waals surface area contributed by atoms with Gasteiger partial charge in [0, 0.05) is 12.6 Å². The topological polar surface area (TPSA) is 126 Å². The van der Waals surface area contributed by atoms with Gasteiger partial charge in [0.15, 0.2) is 22.8 Å². The second-order valence-electron chi connectivity index (χ2n) is 6.97. The van der Waals surface area contributed by atoms with E-state index in [9.17, 15) is 19.5 Å². The third kappa shape index (κ3) is 6.36. The number of thioether (sulfide) groups is 1. The van der Waals surface area contributed by atoms with Gasteiger partial charge in [-0.3, -0.25) is 9.59 Å². The predicted molar refractivity (Wildman–Crippen MR) is 127 cm³/mol. The third-order valence-corrected chi connectivity index (χ3v) is 5.38. The third-order valence-electron chi connectivity index (χ3n) is 4.47. The maximum atomic E-state index is 12.4. The quantitative estimate of drug-likeness (QED) is 0.502. The first kappa shape index (κ1) is 23.9. The van der Waals surface area contributed by atoms with Crippen molar-refractivity contribution in [3.8, 4) is 11.5 Å². The first-order chi connectivity index (χ1) is 15.8. The molecule has 3 rings (SSSR count). The molecular formula is C23H23N3O6S. The number of nitrogens with one attached hydrogen (secondary N) is 2. The standard InChI is InChI=1S/C23H23N3O6S/c1-4-17(22(29)30)32-18-10-5-14(11-19(18)31-3)12-20-21(28)26-23(33-20)25-16-8-6-15(7-9-16)24-13(2)27/h5-12,17H,4H2,1-3H3,(H,24,27)(H,29,30)(H,25,26,28)/b20-12+. The average molecular weight is 470 g/mol. The maximum Gasteiger partial charge on any atom is 0.344 e. The number of anilines is 1. The Labute approximate surface area is 194 Å². The van der Waals surface area contributed by atoms with Crippen LogP contribution in [0.25, 0.3) is 6.08 Å². The highest BCUT2D eigenvalue weighted by Gasteiger charge is 2.24. The summed E-state index contributed by atoms with van der Waals surface area (Å²) in [5.74, 6) is -0.833. The van der Waals surface area contributed by atoms with Gasteiger partial charge in [-0.1, -0.05) is 13.0 Å². The molecule has 0 spiro atoms. The largest absolute Gasteiger partial charge is 0.493 e. The van der Waals surface area contributed by atoms with Gasteiger partial charge in [-0.15, -0.1) is 0 Å². The SMILES string of the molecule is CCC(Oc1ccc(/C=C2/SC(=Nc3ccc(NC(C)=O)cc3)NC2=O)cc1OC)C(=O)O. The lowest BCUT2D eigenvalue weighted by molar-refractivity contribution is -0.145. The van der Waals surface area contributed by atoms with Crippen molar-refractivity contribution in [2.24, 2.45) is 4.99 Å². The summed E-state index contributed by atoms with van der Waals surface area (Å²) in [6.45, 7) is 3.15. The van der Waals surface area contributed by atoms with Crippen LogP contribution in [0, 0.1) is 0 Å². The molecule has 1 aliphatic heterocycles. The van der Waals surface area contributed by atoms with Crippen LogP contribution in [-0.2, 0) is 14.4 Å². The fourth-order valence-corrected chi connectivity index (χ4v) is 3.75. The van der Waals surface area contributed by atoms with Crippen LogP contribution < -0.4 is 20.1 Å². The fourth-order valence-electron chi connectivity index (χ4n) is 2.90. The summed E-state index contributed by atoms with van der Waals surface area (Å²) in [6, 6.07) is 11.9. The highest BCUT2D eigenvalue weighted by molar-refractivity contribution is 8.18. The molecule has 1 unspecified atom stereocenters. The normalized spacial score (nSPS) is 16.4. The van der Waals surface area contributed by atoms with Gasteiger partial charge in [-0.2, -0.15) is 0 Å². The van der Waals surface area contributed by atoms with Crippen LogP contribution in [0.15, 0.2) is 52.4 Å². The van der Waals surface area contributed by atoms with Gasteiger partial charge < -0.3 is 25.2 Å². The highest BCUT2D eigenvalue weighted by atomic mass is 32.2. The number of carbonyl (C=O) groups is 3. The van der Waals surface area contributed by atoms with Crippen LogP contribution in [0.3, 0.4) is 0 Å². The molecule has 0 aliphatic carbocycles. The molecule has 0 radical (unpaired) electrons. The zero-order valence-electron chi connectivity index (χ0n) is 18.2. The fraction of sp³-hybridized carbons (Fsp3) is 0.217. The number of carbonyl (C=O) groups excluding carboxylic acids is 2. The monoisotopic (exact) mass is 469 g/mol. The summed E-state index contributed by atoms with van der Waals surface area (Å²) < 4.78 is 10.9. The Morgan fingerprint density at radius 3 is 2.55 bits per heavy atom. The van der Waals surface area contributed by atoms with E-state index in [0.29, 0.717) is 44.9 Å². The summed E-state index contributed by atoms with van der Waals surface area (Å²) in [4.78, 5) is 39.6. The van der Waals surface area contributed by atoms with E-state index in [-0.39, 0.29) is 11.8 Å². The van der Waals surface area contributed by atoms with Crippen molar-refractivity contribution in [3.63, 3.8) is 0 Å². The van der Waals surface area contributed by atoms with Crippen molar-refractivity contribution >= 4 is 52.2 Å². The van der Waals surface area contributed by atoms with Crippen molar-refractivity contribution in [1.82, 2.24) is 5.32 Å². The minimum atomic E-state index is -1.05. The van der Waals surface area contributed by atoms with Crippen LogP contribution in [0.2, 0.25) is 0 Å². The molecule has 1 saturated heterocycles. The molecule has 2 aromatic carbocycles. The predicted octanol–water partition coefficient (Wildman–Crippen LogP) is 3.79. The van der Waals surface area contributed by atoms with Gasteiger partial charge in [0.1, 0.15) is 0 Å². The first-order valence-electron chi connectivity index (χ1n) is 10.0. The second kappa shape index (κ2) is 10.7. The molecule has 10 heteroatoms. The number of aliphatic imine (C=N–C) groups is 1. The Hall–Kier alpha value is -3.79. The molecule has 0 bridgehead atoms. The Morgan fingerprint density at radius 2 is 1.94 bits per heavy atom. The lowest BCUT2D eigenvalue weighted by Crippen LogP contribution is -2.26. The number of hydrogen-bond acceptors (Lipinski definition) is 7. The van der Waals surface area contributed by atoms with E-state index >= 15 is 0 Å². The molecule has 3 N–H and O–H groups in total. The second-order valence-corrected chi connectivity index (χ2v) is 8.00. The van der Waals surface area contributed by atoms with Gasteiger partial charge in [0.2, 0.25) is 5.91 Å². The van der Waals surface area contributed by atoms with Crippen LogP contribution in [-0.4, -0.2) is 41.3 Å². The molecule has 33 heavy (non-hydrogen) atoms. The van der Waals surface area contributed by atoms with Crippen LogP contribution in [0.1, 0.15) is 25.8 Å². The molecule has 1 fully saturated rings. The minimum Gasteiger partial charge on any atom is -0.493 e. The Morgan fingerprint density at radius 1 is 1.21 bits per heavy atom. The van der Waals surface area contributed by atoms with Gasteiger partial charge in [-0.05, 0) is 66.2 Å². The van der Waals surface area contributed by atoms with Gasteiger partial charge in [-0.25, -0.2) is 9.79 Å². The molecule has 172 valence electrons. The average Bonchev–Trinajstić information content (AvgIpc) is 3.11. The van der Waals surface area contributed by atoms with E-state index in [4.69, 9.17) is 9.47 Å². The van der Waals surface area contributed by atoms with E-state index < -0.39 is 12.1 Å². The van der Waals surface area contributed by atoms with Crippen LogP contribution in [0.5, 0.6) is 11.5 Å². The Kier molecular flexibility index (Phi) is 7.73. The molecule has 9 nitrogen and oxygen atoms in total. The van der Waals surface area contributed by atoms with Gasteiger partial charge in [0.05, 0.1) is 17.7 Å². The van der Waals surface area contributed by atoms with Crippen LogP contribution >= 0.6 is 11.8 Å². The zero-order chi connectivity index (χ0) is 24.0. The van der Waals surface area contributed by atoms with Gasteiger partial charge >= 0.3 is 5.97 Å². The molecule has 1 atom stereocenters. The Bertz CT molecular complexity index is 1130. The van der Waals surface area contributed by atoms with Crippen molar-refractivity contribution in [2.45, 2.75) is 26.4 Å². The van der Waals surface area contributed by atoms with Crippen molar-refractivity contribution in [3.05, 3.63) is 52.9 Å².